The lowest BCUT2D eigenvalue weighted by Gasteiger charge is -2.26. The topological polar surface area (TPSA) is 9.23 Å². The monoisotopic (exact) mass is 338 g/mol. The van der Waals surface area contributed by atoms with Gasteiger partial charge in [0.05, 0.1) is 13.2 Å². The summed E-state index contributed by atoms with van der Waals surface area (Å²) in [7, 11) is 0. The van der Waals surface area contributed by atoms with Crippen LogP contribution in [0.25, 0.3) is 0 Å². The second-order valence-corrected chi connectivity index (χ2v) is 8.07. The van der Waals surface area contributed by atoms with Crippen LogP contribution in [0.5, 0.6) is 0 Å². The maximum Gasteiger partial charge on any atom is 0.0537 e. The highest BCUT2D eigenvalue weighted by molar-refractivity contribution is 5.27. The fraction of sp³-hybridized carbons (Fsp3) is 0.500. The Kier molecular flexibility index (Phi) is 7.25. The second-order valence-electron chi connectivity index (χ2n) is 8.07. The van der Waals surface area contributed by atoms with Gasteiger partial charge in [-0.3, -0.25) is 0 Å². The van der Waals surface area contributed by atoms with Crippen molar-refractivity contribution in [3.63, 3.8) is 0 Å². The van der Waals surface area contributed by atoms with E-state index >= 15 is 0 Å². The predicted molar refractivity (Wildman–Crippen MR) is 108 cm³/mol. The zero-order valence-electron chi connectivity index (χ0n) is 16.8. The summed E-state index contributed by atoms with van der Waals surface area (Å²) in [5.41, 5.74) is 5.43. The van der Waals surface area contributed by atoms with Crippen LogP contribution in [0.15, 0.2) is 48.5 Å². The molecule has 1 heteroatoms. The van der Waals surface area contributed by atoms with Crippen LogP contribution in [0.4, 0.5) is 0 Å². The molecule has 0 saturated heterocycles. The van der Waals surface area contributed by atoms with Crippen LogP contribution in [0.2, 0.25) is 0 Å². The minimum atomic E-state index is 0.449. The molecule has 0 aliphatic carbocycles. The minimum Gasteiger partial charge on any atom is -0.380 e. The number of rotatable bonds is 8. The number of aryl methyl sites for hydroxylation is 2. The van der Waals surface area contributed by atoms with Gasteiger partial charge in [0.15, 0.2) is 0 Å². The molecule has 2 unspecified atom stereocenters. The number of hydrogen-bond donors (Lipinski definition) is 0. The first-order valence-corrected chi connectivity index (χ1v) is 9.59. The second kappa shape index (κ2) is 9.20. The average molecular weight is 339 g/mol. The van der Waals surface area contributed by atoms with E-state index in [1.165, 1.54) is 22.3 Å². The van der Waals surface area contributed by atoms with Gasteiger partial charge in [-0.05, 0) is 36.8 Å². The molecule has 0 amide bonds. The SMILES string of the molecule is Cc1cccc(C(COCC(c2cccc(C)c2)C(C)C)C(C)C)c1. The average Bonchev–Trinajstić information content (AvgIpc) is 2.54. The summed E-state index contributed by atoms with van der Waals surface area (Å²) in [6.45, 7) is 15.1. The van der Waals surface area contributed by atoms with Gasteiger partial charge in [-0.2, -0.15) is 0 Å². The maximum absolute atomic E-state index is 6.27. The van der Waals surface area contributed by atoms with Gasteiger partial charge in [0.25, 0.3) is 0 Å². The summed E-state index contributed by atoms with van der Waals surface area (Å²) in [6, 6.07) is 17.7. The first-order chi connectivity index (χ1) is 11.9. The van der Waals surface area contributed by atoms with Crippen molar-refractivity contribution in [2.75, 3.05) is 13.2 Å². The van der Waals surface area contributed by atoms with Crippen molar-refractivity contribution in [2.45, 2.75) is 53.4 Å². The minimum absolute atomic E-state index is 0.449. The number of benzene rings is 2. The molecule has 0 saturated carbocycles. The van der Waals surface area contributed by atoms with E-state index in [2.05, 4.69) is 90.1 Å². The van der Waals surface area contributed by atoms with Crippen LogP contribution >= 0.6 is 0 Å². The Morgan fingerprint density at radius 1 is 0.680 bits per heavy atom. The van der Waals surface area contributed by atoms with Crippen molar-refractivity contribution >= 4 is 0 Å². The summed E-state index contributed by atoms with van der Waals surface area (Å²) < 4.78 is 6.27. The Morgan fingerprint density at radius 3 is 1.40 bits per heavy atom. The molecular formula is C24H34O. The Labute approximate surface area is 154 Å². The van der Waals surface area contributed by atoms with Crippen molar-refractivity contribution in [1.29, 1.82) is 0 Å². The van der Waals surface area contributed by atoms with E-state index in [1.807, 2.05) is 0 Å². The van der Waals surface area contributed by atoms with Crippen LogP contribution in [-0.4, -0.2) is 13.2 Å². The Balaban J connectivity index is 2.04. The molecular weight excluding hydrogens is 304 g/mol. The fourth-order valence-electron chi connectivity index (χ4n) is 3.47. The zero-order valence-corrected chi connectivity index (χ0v) is 16.8. The zero-order chi connectivity index (χ0) is 18.4. The molecule has 1 nitrogen and oxygen atoms in total. The molecule has 0 radical (unpaired) electrons. The van der Waals surface area contributed by atoms with Crippen LogP contribution in [0.1, 0.15) is 61.8 Å². The fourth-order valence-corrected chi connectivity index (χ4v) is 3.47. The third-order valence-corrected chi connectivity index (χ3v) is 5.14. The normalized spacial score (nSPS) is 14.1. The summed E-state index contributed by atoms with van der Waals surface area (Å²) in [5, 5.41) is 0. The van der Waals surface area contributed by atoms with Crippen molar-refractivity contribution in [1.82, 2.24) is 0 Å². The highest BCUT2D eigenvalue weighted by Gasteiger charge is 2.20. The van der Waals surface area contributed by atoms with Crippen molar-refractivity contribution in [2.24, 2.45) is 11.8 Å². The van der Waals surface area contributed by atoms with E-state index in [0.29, 0.717) is 23.7 Å². The molecule has 2 atom stereocenters. The standard InChI is InChI=1S/C24H34O/c1-17(2)23(21-11-7-9-19(5)13-21)15-25-16-24(18(3)4)22-12-8-10-20(6)14-22/h7-14,17-18,23-24H,15-16H2,1-6H3. The van der Waals surface area contributed by atoms with Gasteiger partial charge in [-0.15, -0.1) is 0 Å². The van der Waals surface area contributed by atoms with Gasteiger partial charge in [-0.25, -0.2) is 0 Å². The molecule has 0 aromatic heterocycles. The Bertz CT molecular complexity index is 599. The van der Waals surface area contributed by atoms with E-state index < -0.39 is 0 Å². The molecule has 2 aromatic carbocycles. The molecule has 2 aromatic rings. The van der Waals surface area contributed by atoms with Gasteiger partial charge in [0, 0.05) is 11.8 Å². The summed E-state index contributed by atoms with van der Waals surface area (Å²) in [4.78, 5) is 0. The highest BCUT2D eigenvalue weighted by atomic mass is 16.5. The van der Waals surface area contributed by atoms with Gasteiger partial charge in [0.2, 0.25) is 0 Å². The molecule has 0 heterocycles. The molecule has 0 aliphatic heterocycles. The molecule has 136 valence electrons. The number of ether oxygens (including phenoxy) is 1. The van der Waals surface area contributed by atoms with Gasteiger partial charge in [-0.1, -0.05) is 87.4 Å². The van der Waals surface area contributed by atoms with E-state index in [9.17, 15) is 0 Å². The molecule has 0 aliphatic rings. The van der Waals surface area contributed by atoms with E-state index in [0.717, 1.165) is 13.2 Å². The molecule has 0 spiro atoms. The first-order valence-electron chi connectivity index (χ1n) is 9.59. The maximum atomic E-state index is 6.27. The lowest BCUT2D eigenvalue weighted by atomic mass is 9.87. The van der Waals surface area contributed by atoms with Gasteiger partial charge in [0.1, 0.15) is 0 Å². The molecule has 0 N–H and O–H groups in total. The first kappa shape index (κ1) is 19.7. The van der Waals surface area contributed by atoms with Crippen LogP contribution in [-0.2, 0) is 4.74 Å². The van der Waals surface area contributed by atoms with E-state index in [4.69, 9.17) is 4.74 Å². The molecule has 0 fully saturated rings. The molecule has 2 rings (SSSR count). The van der Waals surface area contributed by atoms with Crippen molar-refractivity contribution in [3.8, 4) is 0 Å². The number of hydrogen-bond acceptors (Lipinski definition) is 1. The quantitative estimate of drug-likeness (QED) is 0.534. The van der Waals surface area contributed by atoms with Crippen molar-refractivity contribution in [3.05, 3.63) is 70.8 Å². The van der Waals surface area contributed by atoms with E-state index in [-0.39, 0.29) is 0 Å². The highest BCUT2D eigenvalue weighted by Crippen LogP contribution is 2.29. The summed E-state index contributed by atoms with van der Waals surface area (Å²) in [6.07, 6.45) is 0. The largest absolute Gasteiger partial charge is 0.380 e. The summed E-state index contributed by atoms with van der Waals surface area (Å²) in [5.74, 6) is 2.03. The lowest BCUT2D eigenvalue weighted by molar-refractivity contribution is 0.0867. The lowest BCUT2D eigenvalue weighted by Crippen LogP contribution is -2.19. The van der Waals surface area contributed by atoms with Crippen LogP contribution in [0, 0.1) is 25.7 Å². The van der Waals surface area contributed by atoms with Crippen LogP contribution in [0.3, 0.4) is 0 Å². The third-order valence-electron chi connectivity index (χ3n) is 5.14. The van der Waals surface area contributed by atoms with Gasteiger partial charge < -0.3 is 4.74 Å². The van der Waals surface area contributed by atoms with Crippen LogP contribution < -0.4 is 0 Å². The smallest absolute Gasteiger partial charge is 0.0537 e. The predicted octanol–water partition coefficient (Wildman–Crippen LogP) is 6.50. The van der Waals surface area contributed by atoms with Crippen molar-refractivity contribution < 1.29 is 4.74 Å². The Hall–Kier alpha value is -1.60. The summed E-state index contributed by atoms with van der Waals surface area (Å²) >= 11 is 0. The molecule has 25 heavy (non-hydrogen) atoms. The van der Waals surface area contributed by atoms with E-state index in [1.54, 1.807) is 0 Å². The molecule has 0 bridgehead atoms. The third kappa shape index (κ3) is 5.71. The Morgan fingerprint density at radius 2 is 1.08 bits per heavy atom. The van der Waals surface area contributed by atoms with Gasteiger partial charge >= 0.3 is 0 Å².